The van der Waals surface area contributed by atoms with E-state index >= 15 is 0 Å². The fourth-order valence-corrected chi connectivity index (χ4v) is 1.93. The number of nitriles is 1. The molecule has 0 aliphatic rings. The summed E-state index contributed by atoms with van der Waals surface area (Å²) in [6, 6.07) is 10.5. The van der Waals surface area contributed by atoms with Gasteiger partial charge >= 0.3 is 5.97 Å². The molecule has 0 amide bonds. The van der Waals surface area contributed by atoms with E-state index in [0.29, 0.717) is 11.1 Å². The largest absolute Gasteiger partial charge is 0.493 e. The summed E-state index contributed by atoms with van der Waals surface area (Å²) in [5.74, 6) is -0.712. The van der Waals surface area contributed by atoms with Crippen molar-refractivity contribution in [3.05, 3.63) is 64.4 Å². The number of esters is 1. The van der Waals surface area contributed by atoms with Crippen molar-refractivity contribution in [2.75, 3.05) is 7.11 Å². The molecule has 2 aromatic carbocycles. The predicted molar refractivity (Wildman–Crippen MR) is 83.8 cm³/mol. The van der Waals surface area contributed by atoms with Crippen molar-refractivity contribution in [2.45, 2.75) is 0 Å². The van der Waals surface area contributed by atoms with Crippen LogP contribution in [0.5, 0.6) is 11.5 Å². The van der Waals surface area contributed by atoms with Crippen molar-refractivity contribution in [2.24, 2.45) is 0 Å². The van der Waals surface area contributed by atoms with E-state index in [1.807, 2.05) is 6.07 Å². The maximum atomic E-state index is 13.0. The molecule has 2 aromatic rings. The smallest absolute Gasteiger partial charge is 0.336 e. The fourth-order valence-electron chi connectivity index (χ4n) is 1.74. The van der Waals surface area contributed by atoms with Crippen molar-refractivity contribution < 1.29 is 18.7 Å². The van der Waals surface area contributed by atoms with E-state index in [4.69, 9.17) is 26.3 Å². The molecule has 6 heteroatoms. The van der Waals surface area contributed by atoms with E-state index in [1.165, 1.54) is 55.7 Å². The van der Waals surface area contributed by atoms with E-state index in [0.717, 1.165) is 0 Å². The monoisotopic (exact) mass is 331 g/mol. The predicted octanol–water partition coefficient (Wildman–Crippen LogP) is 3.98. The van der Waals surface area contributed by atoms with Gasteiger partial charge in [-0.2, -0.15) is 5.26 Å². The Balaban J connectivity index is 2.11. The third-order valence-corrected chi connectivity index (χ3v) is 3.15. The van der Waals surface area contributed by atoms with E-state index in [-0.39, 0.29) is 16.5 Å². The van der Waals surface area contributed by atoms with Gasteiger partial charge in [0.2, 0.25) is 0 Å². The van der Waals surface area contributed by atoms with E-state index in [2.05, 4.69) is 0 Å². The van der Waals surface area contributed by atoms with Crippen molar-refractivity contribution in [3.8, 4) is 17.6 Å². The second kappa shape index (κ2) is 7.43. The lowest BCUT2D eigenvalue weighted by atomic mass is 10.2. The third kappa shape index (κ3) is 4.31. The summed E-state index contributed by atoms with van der Waals surface area (Å²) in [7, 11) is 1.41. The van der Waals surface area contributed by atoms with Crippen molar-refractivity contribution in [3.63, 3.8) is 0 Å². The molecule has 0 aliphatic heterocycles. The summed E-state index contributed by atoms with van der Waals surface area (Å²) >= 11 is 5.66. The molecule has 0 N–H and O–H groups in total. The van der Waals surface area contributed by atoms with Crippen molar-refractivity contribution in [1.82, 2.24) is 0 Å². The Morgan fingerprint density at radius 3 is 2.70 bits per heavy atom. The third-order valence-electron chi connectivity index (χ3n) is 2.86. The van der Waals surface area contributed by atoms with Gasteiger partial charge in [-0.1, -0.05) is 17.7 Å². The Kier molecular flexibility index (Phi) is 5.34. The van der Waals surface area contributed by atoms with Gasteiger partial charge in [0.15, 0.2) is 11.5 Å². The van der Waals surface area contributed by atoms with Gasteiger partial charge in [0.25, 0.3) is 0 Å². The average Bonchev–Trinajstić information content (AvgIpc) is 2.56. The minimum atomic E-state index is -0.645. The molecule has 0 saturated heterocycles. The number of carbonyl (C=O) groups excluding carboxylic acids is 1. The number of methoxy groups -OCH3 is 1. The van der Waals surface area contributed by atoms with Crippen molar-refractivity contribution in [1.29, 1.82) is 5.26 Å². The summed E-state index contributed by atoms with van der Waals surface area (Å²) in [5.41, 5.74) is 0.943. The molecule has 23 heavy (non-hydrogen) atoms. The van der Waals surface area contributed by atoms with Crippen LogP contribution in [-0.4, -0.2) is 13.1 Å². The number of benzene rings is 2. The number of ether oxygens (including phenoxy) is 2. The molecule has 0 aliphatic carbocycles. The normalized spacial score (nSPS) is 10.3. The maximum absolute atomic E-state index is 13.0. The molecule has 4 nitrogen and oxygen atoms in total. The summed E-state index contributed by atoms with van der Waals surface area (Å²) in [5, 5.41) is 8.79. The highest BCUT2D eigenvalue weighted by Crippen LogP contribution is 2.28. The molecule has 0 fully saturated rings. The van der Waals surface area contributed by atoms with Crippen LogP contribution in [-0.2, 0) is 4.79 Å². The van der Waals surface area contributed by atoms with E-state index < -0.39 is 11.8 Å². The van der Waals surface area contributed by atoms with Gasteiger partial charge in [-0.25, -0.2) is 9.18 Å². The zero-order valence-corrected chi connectivity index (χ0v) is 12.8. The Hall–Kier alpha value is -2.84. The number of hydrogen-bond acceptors (Lipinski definition) is 4. The van der Waals surface area contributed by atoms with Crippen LogP contribution in [0.4, 0.5) is 4.39 Å². The zero-order valence-electron chi connectivity index (χ0n) is 12.0. The van der Waals surface area contributed by atoms with Crippen LogP contribution in [0.3, 0.4) is 0 Å². The van der Waals surface area contributed by atoms with Crippen molar-refractivity contribution >= 4 is 23.6 Å². The molecule has 0 saturated carbocycles. The molecule has 0 aromatic heterocycles. The second-order valence-electron chi connectivity index (χ2n) is 4.41. The van der Waals surface area contributed by atoms with Crippen LogP contribution in [0.2, 0.25) is 5.02 Å². The molecule has 0 spiro atoms. The summed E-state index contributed by atoms with van der Waals surface area (Å²) in [4.78, 5) is 11.8. The fraction of sp³-hybridized carbons (Fsp3) is 0.0588. The first-order chi connectivity index (χ1) is 11.0. The quantitative estimate of drug-likeness (QED) is 0.483. The first kappa shape index (κ1) is 16.5. The Bertz CT molecular complexity index is 812. The van der Waals surface area contributed by atoms with Gasteiger partial charge in [0.05, 0.1) is 23.8 Å². The number of rotatable bonds is 4. The standard InChI is InChI=1S/C17H11ClFNO3/c1-22-16-9-12(10-20)3-6-15(16)23-17(21)7-4-11-2-5-14(19)13(18)8-11/h2-9H,1H3/b7-4+. The lowest BCUT2D eigenvalue weighted by Gasteiger charge is -2.07. The van der Waals surface area contributed by atoms with Gasteiger partial charge < -0.3 is 9.47 Å². The van der Waals surface area contributed by atoms with Crippen LogP contribution in [0, 0.1) is 17.1 Å². The Morgan fingerprint density at radius 2 is 2.04 bits per heavy atom. The summed E-state index contributed by atoms with van der Waals surface area (Å²) < 4.78 is 23.3. The number of hydrogen-bond donors (Lipinski definition) is 0. The Labute approximate surface area is 137 Å². The SMILES string of the molecule is COc1cc(C#N)ccc1OC(=O)/C=C/c1ccc(F)c(Cl)c1. The van der Waals surface area contributed by atoms with Crippen LogP contribution < -0.4 is 9.47 Å². The van der Waals surface area contributed by atoms with Gasteiger partial charge in [0, 0.05) is 12.1 Å². The molecule has 2 rings (SSSR count). The number of nitrogens with zero attached hydrogens (tertiary/aromatic N) is 1. The average molecular weight is 332 g/mol. The molecular formula is C17H11ClFNO3. The van der Waals surface area contributed by atoms with Crippen LogP contribution in [0.15, 0.2) is 42.5 Å². The van der Waals surface area contributed by atoms with E-state index in [1.54, 1.807) is 0 Å². The van der Waals surface area contributed by atoms with Crippen LogP contribution >= 0.6 is 11.6 Å². The number of halogens is 2. The molecule has 0 heterocycles. The highest BCUT2D eigenvalue weighted by Gasteiger charge is 2.09. The summed E-state index contributed by atoms with van der Waals surface area (Å²) in [6.07, 6.45) is 2.63. The van der Waals surface area contributed by atoms with Gasteiger partial charge in [-0.3, -0.25) is 0 Å². The van der Waals surface area contributed by atoms with E-state index in [9.17, 15) is 9.18 Å². The Morgan fingerprint density at radius 1 is 1.26 bits per heavy atom. The molecule has 0 atom stereocenters. The zero-order chi connectivity index (χ0) is 16.8. The molecule has 0 radical (unpaired) electrons. The minimum Gasteiger partial charge on any atom is -0.493 e. The maximum Gasteiger partial charge on any atom is 0.336 e. The highest BCUT2D eigenvalue weighted by atomic mass is 35.5. The molecule has 0 unspecified atom stereocenters. The van der Waals surface area contributed by atoms with Gasteiger partial charge in [-0.15, -0.1) is 0 Å². The highest BCUT2D eigenvalue weighted by molar-refractivity contribution is 6.30. The first-order valence-electron chi connectivity index (χ1n) is 6.46. The van der Waals surface area contributed by atoms with Crippen LogP contribution in [0.25, 0.3) is 6.08 Å². The van der Waals surface area contributed by atoms with Gasteiger partial charge in [0.1, 0.15) is 5.82 Å². The molecule has 0 bridgehead atoms. The first-order valence-corrected chi connectivity index (χ1v) is 6.84. The lowest BCUT2D eigenvalue weighted by Crippen LogP contribution is -2.05. The van der Waals surface area contributed by atoms with Gasteiger partial charge in [-0.05, 0) is 35.9 Å². The second-order valence-corrected chi connectivity index (χ2v) is 4.81. The topological polar surface area (TPSA) is 59.3 Å². The summed E-state index contributed by atoms with van der Waals surface area (Å²) in [6.45, 7) is 0. The number of carbonyl (C=O) groups is 1. The minimum absolute atomic E-state index is 0.0331. The molecule has 116 valence electrons. The molecular weight excluding hydrogens is 321 g/mol. The lowest BCUT2D eigenvalue weighted by molar-refractivity contribution is -0.129. The van der Waals surface area contributed by atoms with Crippen LogP contribution in [0.1, 0.15) is 11.1 Å².